The lowest BCUT2D eigenvalue weighted by molar-refractivity contribution is 0.586. The van der Waals surface area contributed by atoms with E-state index in [1.54, 1.807) is 12.1 Å². The van der Waals surface area contributed by atoms with Crippen molar-refractivity contribution in [1.82, 2.24) is 0 Å². The van der Waals surface area contributed by atoms with Gasteiger partial charge >= 0.3 is 0 Å². The van der Waals surface area contributed by atoms with Gasteiger partial charge < -0.3 is 5.32 Å². The predicted octanol–water partition coefficient (Wildman–Crippen LogP) is 4.23. The van der Waals surface area contributed by atoms with Gasteiger partial charge in [-0.05, 0) is 30.3 Å². The molecule has 2 aromatic carbocycles. The molecule has 2 aromatic rings. The fourth-order valence-electron chi connectivity index (χ4n) is 1.42. The quantitative estimate of drug-likeness (QED) is 0.881. The number of benzene rings is 2. The molecule has 0 radical (unpaired) electrons. The summed E-state index contributed by atoms with van der Waals surface area (Å²) in [5.41, 5.74) is 0.967. The van der Waals surface area contributed by atoms with E-state index in [9.17, 15) is 8.78 Å². The van der Waals surface area contributed by atoms with Crippen molar-refractivity contribution in [2.24, 2.45) is 0 Å². The summed E-state index contributed by atoms with van der Waals surface area (Å²) in [7, 11) is 0. The van der Waals surface area contributed by atoms with Crippen molar-refractivity contribution >= 4 is 23.0 Å². The molecule has 90 valence electrons. The van der Waals surface area contributed by atoms with Crippen LogP contribution in [0.3, 0.4) is 0 Å². The van der Waals surface area contributed by atoms with E-state index in [2.05, 4.69) is 5.32 Å². The molecule has 0 aliphatic heterocycles. The molecule has 0 aliphatic rings. The summed E-state index contributed by atoms with van der Waals surface area (Å²) < 4.78 is 26.1. The van der Waals surface area contributed by atoms with Gasteiger partial charge in [-0.25, -0.2) is 8.78 Å². The molecule has 0 amide bonds. The van der Waals surface area contributed by atoms with Crippen LogP contribution < -0.4 is 5.32 Å². The van der Waals surface area contributed by atoms with Gasteiger partial charge in [-0.3, -0.25) is 0 Å². The number of nitriles is 1. The van der Waals surface area contributed by atoms with Crippen molar-refractivity contribution in [2.75, 3.05) is 5.32 Å². The minimum Gasteiger partial charge on any atom is -0.352 e. The summed E-state index contributed by atoms with van der Waals surface area (Å²) in [5.74, 6) is -1.36. The molecule has 2 nitrogen and oxygen atoms in total. The molecule has 0 bridgehead atoms. The zero-order chi connectivity index (χ0) is 13.1. The van der Waals surface area contributed by atoms with Crippen molar-refractivity contribution in [3.8, 4) is 6.07 Å². The van der Waals surface area contributed by atoms with E-state index in [0.717, 1.165) is 12.1 Å². The molecule has 2 rings (SSSR count). The minimum atomic E-state index is -0.713. The van der Waals surface area contributed by atoms with Crippen LogP contribution in [0.15, 0.2) is 36.4 Å². The molecule has 0 aromatic heterocycles. The third-order valence-electron chi connectivity index (χ3n) is 2.30. The standard InChI is InChI=1S/C13H7ClF2N2/c14-10-5-8(7-17)1-3-12(10)18-13-4-2-9(15)6-11(13)16/h1-6,18H. The first-order chi connectivity index (χ1) is 8.60. The largest absolute Gasteiger partial charge is 0.352 e. The fourth-order valence-corrected chi connectivity index (χ4v) is 1.65. The summed E-state index contributed by atoms with van der Waals surface area (Å²) in [4.78, 5) is 0. The summed E-state index contributed by atoms with van der Waals surface area (Å²) in [6.45, 7) is 0. The summed E-state index contributed by atoms with van der Waals surface area (Å²) in [6, 6.07) is 9.71. The first-order valence-corrected chi connectivity index (χ1v) is 5.39. The van der Waals surface area contributed by atoms with Gasteiger partial charge in [0.15, 0.2) is 0 Å². The van der Waals surface area contributed by atoms with Gasteiger partial charge in [0.05, 0.1) is 28.0 Å². The zero-order valence-electron chi connectivity index (χ0n) is 9.05. The topological polar surface area (TPSA) is 35.8 Å². The average Bonchev–Trinajstić information content (AvgIpc) is 2.34. The first kappa shape index (κ1) is 12.3. The van der Waals surface area contributed by atoms with Crippen molar-refractivity contribution in [3.63, 3.8) is 0 Å². The maximum absolute atomic E-state index is 13.4. The first-order valence-electron chi connectivity index (χ1n) is 5.02. The van der Waals surface area contributed by atoms with Crippen molar-refractivity contribution in [3.05, 3.63) is 58.6 Å². The van der Waals surface area contributed by atoms with Gasteiger partial charge in [-0.1, -0.05) is 11.6 Å². The van der Waals surface area contributed by atoms with Crippen LogP contribution in [0.5, 0.6) is 0 Å². The molecule has 5 heteroatoms. The molecule has 0 saturated carbocycles. The third kappa shape index (κ3) is 2.58. The number of halogens is 3. The zero-order valence-corrected chi connectivity index (χ0v) is 9.80. The van der Waals surface area contributed by atoms with E-state index >= 15 is 0 Å². The molecule has 0 heterocycles. The lowest BCUT2D eigenvalue weighted by Gasteiger charge is -2.09. The predicted molar refractivity (Wildman–Crippen MR) is 65.8 cm³/mol. The molecule has 0 fully saturated rings. The Kier molecular flexibility index (Phi) is 3.45. The van der Waals surface area contributed by atoms with Crippen LogP contribution in [0.25, 0.3) is 0 Å². The minimum absolute atomic E-state index is 0.114. The molecular weight excluding hydrogens is 258 g/mol. The van der Waals surface area contributed by atoms with Gasteiger partial charge in [0.2, 0.25) is 0 Å². The Labute approximate surface area is 107 Å². The van der Waals surface area contributed by atoms with E-state index in [1.807, 2.05) is 6.07 Å². The van der Waals surface area contributed by atoms with Gasteiger partial charge in [0.1, 0.15) is 11.6 Å². The van der Waals surface area contributed by atoms with Gasteiger partial charge in [0.25, 0.3) is 0 Å². The lowest BCUT2D eigenvalue weighted by atomic mass is 10.2. The highest BCUT2D eigenvalue weighted by molar-refractivity contribution is 6.33. The highest BCUT2D eigenvalue weighted by Crippen LogP contribution is 2.27. The number of hydrogen-bond acceptors (Lipinski definition) is 2. The highest BCUT2D eigenvalue weighted by atomic mass is 35.5. The molecular formula is C13H7ClF2N2. The SMILES string of the molecule is N#Cc1ccc(Nc2ccc(F)cc2F)c(Cl)c1. The lowest BCUT2D eigenvalue weighted by Crippen LogP contribution is -1.95. The smallest absolute Gasteiger partial charge is 0.149 e. The van der Waals surface area contributed by atoms with Crippen LogP contribution in [0.4, 0.5) is 20.2 Å². The second kappa shape index (κ2) is 5.03. The van der Waals surface area contributed by atoms with E-state index < -0.39 is 11.6 Å². The van der Waals surface area contributed by atoms with Crippen LogP contribution in [-0.2, 0) is 0 Å². The van der Waals surface area contributed by atoms with Crippen LogP contribution in [0.2, 0.25) is 5.02 Å². The summed E-state index contributed by atoms with van der Waals surface area (Å²) in [6.07, 6.45) is 0. The molecule has 0 saturated heterocycles. The summed E-state index contributed by atoms with van der Waals surface area (Å²) in [5, 5.41) is 11.7. The molecule has 0 aliphatic carbocycles. The molecule has 1 N–H and O–H groups in total. The number of rotatable bonds is 2. The van der Waals surface area contributed by atoms with E-state index in [0.29, 0.717) is 11.3 Å². The monoisotopic (exact) mass is 264 g/mol. The maximum atomic E-state index is 13.4. The average molecular weight is 265 g/mol. The van der Waals surface area contributed by atoms with Crippen LogP contribution in [0, 0.1) is 23.0 Å². The maximum Gasteiger partial charge on any atom is 0.149 e. The van der Waals surface area contributed by atoms with E-state index in [4.69, 9.17) is 16.9 Å². The second-order valence-electron chi connectivity index (χ2n) is 3.56. The van der Waals surface area contributed by atoms with E-state index in [-0.39, 0.29) is 10.7 Å². The number of nitrogens with one attached hydrogen (secondary N) is 1. The van der Waals surface area contributed by atoms with Crippen molar-refractivity contribution < 1.29 is 8.78 Å². The Bertz CT molecular complexity index is 635. The Morgan fingerprint density at radius 1 is 1.06 bits per heavy atom. The van der Waals surface area contributed by atoms with Gasteiger partial charge in [0, 0.05) is 6.07 Å². The number of hydrogen-bond donors (Lipinski definition) is 1. The van der Waals surface area contributed by atoms with Crippen LogP contribution in [-0.4, -0.2) is 0 Å². The number of nitrogens with zero attached hydrogens (tertiary/aromatic N) is 1. The Hall–Kier alpha value is -2.12. The molecule has 0 atom stereocenters. The van der Waals surface area contributed by atoms with E-state index in [1.165, 1.54) is 12.1 Å². The van der Waals surface area contributed by atoms with Crippen molar-refractivity contribution in [2.45, 2.75) is 0 Å². The molecule has 0 spiro atoms. The van der Waals surface area contributed by atoms with Crippen LogP contribution >= 0.6 is 11.6 Å². The third-order valence-corrected chi connectivity index (χ3v) is 2.61. The van der Waals surface area contributed by atoms with Crippen molar-refractivity contribution in [1.29, 1.82) is 5.26 Å². The molecule has 0 unspecified atom stereocenters. The number of anilines is 2. The highest BCUT2D eigenvalue weighted by Gasteiger charge is 2.07. The van der Waals surface area contributed by atoms with Crippen LogP contribution in [0.1, 0.15) is 5.56 Å². The second-order valence-corrected chi connectivity index (χ2v) is 3.96. The van der Waals surface area contributed by atoms with Gasteiger partial charge in [-0.2, -0.15) is 5.26 Å². The Morgan fingerprint density at radius 3 is 2.39 bits per heavy atom. The normalized spacial score (nSPS) is 9.89. The fraction of sp³-hybridized carbons (Fsp3) is 0. The molecule has 18 heavy (non-hydrogen) atoms. The van der Waals surface area contributed by atoms with Gasteiger partial charge in [-0.15, -0.1) is 0 Å². The Morgan fingerprint density at radius 2 is 1.78 bits per heavy atom. The Balaban J connectivity index is 2.32. The summed E-state index contributed by atoms with van der Waals surface area (Å²) >= 11 is 5.93.